The number of rotatable bonds is 9. The molecule has 0 aromatic carbocycles. The van der Waals surface area contributed by atoms with E-state index in [0.29, 0.717) is 24.2 Å². The van der Waals surface area contributed by atoms with Gasteiger partial charge in [0, 0.05) is 26.3 Å². The van der Waals surface area contributed by atoms with Gasteiger partial charge in [0.25, 0.3) is 0 Å². The Kier molecular flexibility index (Phi) is 7.64. The molecule has 0 aliphatic rings. The Balaban J connectivity index is 2.07. The summed E-state index contributed by atoms with van der Waals surface area (Å²) in [5, 5.41) is 3.68. The first-order valence-electron chi connectivity index (χ1n) is 6.04. The number of hydrogen-bond donors (Lipinski definition) is 1. The van der Waals surface area contributed by atoms with Crippen LogP contribution in [-0.4, -0.2) is 43.4 Å². The van der Waals surface area contributed by atoms with Gasteiger partial charge in [-0.1, -0.05) is 11.6 Å². The molecule has 5 nitrogen and oxygen atoms in total. The molecule has 0 amide bonds. The summed E-state index contributed by atoms with van der Waals surface area (Å²) in [5.74, 6) is 1.45. The molecule has 18 heavy (non-hydrogen) atoms. The topological polar surface area (TPSA) is 56.3 Å². The van der Waals surface area contributed by atoms with Gasteiger partial charge in [0.15, 0.2) is 0 Å². The summed E-state index contributed by atoms with van der Waals surface area (Å²) < 4.78 is 10.3. The van der Waals surface area contributed by atoms with Gasteiger partial charge in [0.1, 0.15) is 16.8 Å². The largest absolute Gasteiger partial charge is 0.382 e. The lowest BCUT2D eigenvalue weighted by molar-refractivity contribution is 0.0691. The third kappa shape index (κ3) is 6.74. The number of aryl methyl sites for hydroxylation is 1. The van der Waals surface area contributed by atoms with E-state index in [1.165, 1.54) is 0 Å². The second-order valence-corrected chi connectivity index (χ2v) is 4.25. The van der Waals surface area contributed by atoms with E-state index in [1.807, 2.05) is 6.92 Å². The highest BCUT2D eigenvalue weighted by Crippen LogP contribution is 2.10. The maximum Gasteiger partial charge on any atom is 0.134 e. The van der Waals surface area contributed by atoms with Gasteiger partial charge in [-0.3, -0.25) is 0 Å². The van der Waals surface area contributed by atoms with Crippen molar-refractivity contribution in [2.75, 3.05) is 38.8 Å². The van der Waals surface area contributed by atoms with Gasteiger partial charge in [0.05, 0.1) is 13.2 Å². The van der Waals surface area contributed by atoms with Crippen molar-refractivity contribution in [2.45, 2.75) is 19.8 Å². The molecule has 0 atom stereocenters. The second kappa shape index (κ2) is 9.08. The quantitative estimate of drug-likeness (QED) is 0.553. The number of halogens is 1. The van der Waals surface area contributed by atoms with Crippen molar-refractivity contribution in [2.24, 2.45) is 0 Å². The van der Waals surface area contributed by atoms with Gasteiger partial charge >= 0.3 is 0 Å². The van der Waals surface area contributed by atoms with Crippen molar-refractivity contribution < 1.29 is 9.47 Å². The first-order valence-corrected chi connectivity index (χ1v) is 6.42. The molecule has 0 fully saturated rings. The maximum absolute atomic E-state index is 5.84. The fourth-order valence-corrected chi connectivity index (χ4v) is 1.64. The van der Waals surface area contributed by atoms with Crippen LogP contribution in [0.25, 0.3) is 0 Å². The van der Waals surface area contributed by atoms with Gasteiger partial charge in [0.2, 0.25) is 0 Å². The third-order valence-electron chi connectivity index (χ3n) is 2.26. The minimum Gasteiger partial charge on any atom is -0.382 e. The Morgan fingerprint density at radius 1 is 1.22 bits per heavy atom. The van der Waals surface area contributed by atoms with Crippen LogP contribution < -0.4 is 5.32 Å². The minimum absolute atomic E-state index is 0.466. The molecule has 1 aromatic heterocycles. The van der Waals surface area contributed by atoms with Crippen molar-refractivity contribution in [1.82, 2.24) is 9.97 Å². The smallest absolute Gasteiger partial charge is 0.134 e. The van der Waals surface area contributed by atoms with E-state index in [2.05, 4.69) is 15.3 Å². The molecule has 0 aliphatic heterocycles. The van der Waals surface area contributed by atoms with E-state index in [4.69, 9.17) is 21.1 Å². The number of ether oxygens (including phenoxy) is 2. The molecule has 0 radical (unpaired) electrons. The molecule has 0 saturated heterocycles. The number of methoxy groups -OCH3 is 1. The van der Waals surface area contributed by atoms with Crippen molar-refractivity contribution in [3.05, 3.63) is 17.0 Å². The molecule has 1 rings (SSSR count). The van der Waals surface area contributed by atoms with E-state index in [1.54, 1.807) is 13.2 Å². The van der Waals surface area contributed by atoms with Gasteiger partial charge in [-0.15, -0.1) is 0 Å². The molecule has 0 unspecified atom stereocenters. The zero-order valence-electron chi connectivity index (χ0n) is 10.9. The van der Waals surface area contributed by atoms with Crippen LogP contribution in [0.1, 0.15) is 18.7 Å². The van der Waals surface area contributed by atoms with Crippen LogP contribution in [0.4, 0.5) is 5.82 Å². The predicted octanol–water partition coefficient (Wildman–Crippen LogP) is 2.29. The van der Waals surface area contributed by atoms with Crippen LogP contribution in [0.2, 0.25) is 5.15 Å². The van der Waals surface area contributed by atoms with E-state index in [-0.39, 0.29) is 0 Å². The average Bonchev–Trinajstić information content (AvgIpc) is 2.31. The highest BCUT2D eigenvalue weighted by molar-refractivity contribution is 6.29. The van der Waals surface area contributed by atoms with Crippen molar-refractivity contribution in [1.29, 1.82) is 0 Å². The summed E-state index contributed by atoms with van der Waals surface area (Å²) in [6, 6.07) is 1.73. The van der Waals surface area contributed by atoms with E-state index >= 15 is 0 Å². The number of hydrogen-bond acceptors (Lipinski definition) is 5. The summed E-state index contributed by atoms with van der Waals surface area (Å²) in [5.41, 5.74) is 0. The SMILES string of the molecule is COCCOCCCCNc1cc(Cl)nc(C)n1. The fourth-order valence-electron chi connectivity index (χ4n) is 1.41. The zero-order chi connectivity index (χ0) is 13.2. The van der Waals surface area contributed by atoms with Crippen LogP contribution in [0.5, 0.6) is 0 Å². The summed E-state index contributed by atoms with van der Waals surface area (Å²) in [6.45, 7) is 4.73. The number of anilines is 1. The Morgan fingerprint density at radius 3 is 2.78 bits per heavy atom. The number of nitrogens with one attached hydrogen (secondary N) is 1. The molecule has 0 saturated carbocycles. The van der Waals surface area contributed by atoms with E-state index in [0.717, 1.165) is 31.8 Å². The minimum atomic E-state index is 0.466. The summed E-state index contributed by atoms with van der Waals surface area (Å²) >= 11 is 5.84. The van der Waals surface area contributed by atoms with Crippen LogP contribution in [-0.2, 0) is 9.47 Å². The molecular weight excluding hydrogens is 254 g/mol. The normalized spacial score (nSPS) is 10.6. The molecule has 102 valence electrons. The van der Waals surface area contributed by atoms with Crippen LogP contribution in [0.3, 0.4) is 0 Å². The second-order valence-electron chi connectivity index (χ2n) is 3.86. The standard InChI is InChI=1S/C12H20ClN3O2/c1-10-15-11(13)9-12(16-10)14-5-3-4-6-18-8-7-17-2/h9H,3-8H2,1-2H3,(H,14,15,16). The first-order chi connectivity index (χ1) is 8.72. The summed E-state index contributed by atoms with van der Waals surface area (Å²) in [7, 11) is 1.67. The molecule has 0 bridgehead atoms. The highest BCUT2D eigenvalue weighted by Gasteiger charge is 1.98. The summed E-state index contributed by atoms with van der Waals surface area (Å²) in [4.78, 5) is 8.24. The lowest BCUT2D eigenvalue weighted by atomic mass is 10.3. The molecular formula is C12H20ClN3O2. The molecule has 0 aliphatic carbocycles. The van der Waals surface area contributed by atoms with E-state index in [9.17, 15) is 0 Å². The van der Waals surface area contributed by atoms with E-state index < -0.39 is 0 Å². The summed E-state index contributed by atoms with van der Waals surface area (Å²) in [6.07, 6.45) is 2.03. The number of unbranched alkanes of at least 4 members (excludes halogenated alkanes) is 1. The first kappa shape index (κ1) is 15.1. The maximum atomic E-state index is 5.84. The van der Waals surface area contributed by atoms with Gasteiger partial charge in [-0.05, 0) is 19.8 Å². The van der Waals surface area contributed by atoms with Gasteiger partial charge in [-0.2, -0.15) is 0 Å². The Bertz CT molecular complexity index is 330. The molecule has 1 heterocycles. The van der Waals surface area contributed by atoms with Crippen LogP contribution >= 0.6 is 11.6 Å². The predicted molar refractivity (Wildman–Crippen MR) is 72.2 cm³/mol. The number of nitrogens with zero attached hydrogens (tertiary/aromatic N) is 2. The third-order valence-corrected chi connectivity index (χ3v) is 2.45. The van der Waals surface area contributed by atoms with Crippen molar-refractivity contribution in [3.8, 4) is 0 Å². The van der Waals surface area contributed by atoms with Crippen molar-refractivity contribution >= 4 is 17.4 Å². The van der Waals surface area contributed by atoms with Crippen LogP contribution in [0.15, 0.2) is 6.07 Å². The molecule has 1 N–H and O–H groups in total. The molecule has 0 spiro atoms. The Hall–Kier alpha value is -0.910. The monoisotopic (exact) mass is 273 g/mol. The fraction of sp³-hybridized carbons (Fsp3) is 0.667. The highest BCUT2D eigenvalue weighted by atomic mass is 35.5. The Morgan fingerprint density at radius 2 is 2.06 bits per heavy atom. The lowest BCUT2D eigenvalue weighted by Gasteiger charge is -2.07. The average molecular weight is 274 g/mol. The number of aromatic nitrogens is 2. The molecule has 1 aromatic rings. The van der Waals surface area contributed by atoms with Crippen molar-refractivity contribution in [3.63, 3.8) is 0 Å². The zero-order valence-corrected chi connectivity index (χ0v) is 11.7. The molecule has 6 heteroatoms. The van der Waals surface area contributed by atoms with Gasteiger partial charge < -0.3 is 14.8 Å². The van der Waals surface area contributed by atoms with Crippen LogP contribution in [0, 0.1) is 6.92 Å². The van der Waals surface area contributed by atoms with Gasteiger partial charge in [-0.25, -0.2) is 9.97 Å². The Labute approximate surface area is 113 Å². The lowest BCUT2D eigenvalue weighted by Crippen LogP contribution is -2.07.